The third-order valence-corrected chi connectivity index (χ3v) is 3.12. The SMILES string of the molecule is C=C(C)CCOc1c(C)cc(CNC(C)(C)C)cc1C. The van der Waals surface area contributed by atoms with Crippen molar-refractivity contribution in [3.8, 4) is 5.75 Å². The summed E-state index contributed by atoms with van der Waals surface area (Å²) in [4.78, 5) is 0. The van der Waals surface area contributed by atoms with E-state index in [1.54, 1.807) is 0 Å². The van der Waals surface area contributed by atoms with Crippen LogP contribution in [0.3, 0.4) is 0 Å². The molecule has 0 aliphatic carbocycles. The summed E-state index contributed by atoms with van der Waals surface area (Å²) in [6, 6.07) is 4.42. The van der Waals surface area contributed by atoms with E-state index in [1.165, 1.54) is 16.7 Å². The van der Waals surface area contributed by atoms with Gasteiger partial charge in [0.2, 0.25) is 0 Å². The smallest absolute Gasteiger partial charge is 0.125 e. The highest BCUT2D eigenvalue weighted by atomic mass is 16.5. The standard InChI is InChI=1S/C18H29NO/c1-13(2)8-9-20-17-14(3)10-16(11-15(17)4)12-19-18(5,6)7/h10-11,19H,1,8-9,12H2,2-7H3. The second-order valence-electron chi connectivity index (χ2n) is 6.72. The molecule has 1 rings (SSSR count). The first kappa shape index (κ1) is 16.8. The van der Waals surface area contributed by atoms with Crippen LogP contribution >= 0.6 is 0 Å². The highest BCUT2D eigenvalue weighted by Crippen LogP contribution is 2.25. The summed E-state index contributed by atoms with van der Waals surface area (Å²) < 4.78 is 5.90. The molecular formula is C18H29NO. The molecule has 0 heterocycles. The predicted octanol–water partition coefficient (Wildman–Crippen LogP) is 4.54. The van der Waals surface area contributed by atoms with Crippen molar-refractivity contribution in [2.45, 2.75) is 60.0 Å². The van der Waals surface area contributed by atoms with Crippen LogP contribution in [0.5, 0.6) is 5.75 Å². The van der Waals surface area contributed by atoms with Crippen LogP contribution in [0.15, 0.2) is 24.3 Å². The van der Waals surface area contributed by atoms with Crippen molar-refractivity contribution >= 4 is 0 Å². The van der Waals surface area contributed by atoms with Crippen molar-refractivity contribution in [2.75, 3.05) is 6.61 Å². The Bertz CT molecular complexity index is 446. The van der Waals surface area contributed by atoms with Gasteiger partial charge in [-0.25, -0.2) is 0 Å². The van der Waals surface area contributed by atoms with E-state index in [1.807, 2.05) is 6.92 Å². The van der Waals surface area contributed by atoms with Crippen LogP contribution in [0.1, 0.15) is 50.8 Å². The summed E-state index contributed by atoms with van der Waals surface area (Å²) in [5.41, 5.74) is 5.02. The molecule has 0 atom stereocenters. The third-order valence-electron chi connectivity index (χ3n) is 3.12. The molecule has 0 aromatic heterocycles. The highest BCUT2D eigenvalue weighted by Gasteiger charge is 2.11. The number of benzene rings is 1. The number of rotatable bonds is 6. The zero-order valence-electron chi connectivity index (χ0n) is 13.9. The van der Waals surface area contributed by atoms with Crippen LogP contribution < -0.4 is 10.1 Å². The number of hydrogen-bond acceptors (Lipinski definition) is 2. The fourth-order valence-electron chi connectivity index (χ4n) is 2.06. The van der Waals surface area contributed by atoms with Gasteiger partial charge in [-0.05, 0) is 58.2 Å². The second-order valence-corrected chi connectivity index (χ2v) is 6.72. The Balaban J connectivity index is 2.73. The Hall–Kier alpha value is -1.28. The van der Waals surface area contributed by atoms with Gasteiger partial charge in [0.1, 0.15) is 5.75 Å². The van der Waals surface area contributed by atoms with Crippen LogP contribution in [0.2, 0.25) is 0 Å². The molecule has 0 aliphatic heterocycles. The Kier molecular flexibility index (Phi) is 5.82. The normalized spacial score (nSPS) is 11.5. The lowest BCUT2D eigenvalue weighted by Crippen LogP contribution is -2.35. The van der Waals surface area contributed by atoms with Gasteiger partial charge in [0.05, 0.1) is 6.61 Å². The summed E-state index contributed by atoms with van der Waals surface area (Å²) in [5, 5.41) is 3.52. The summed E-state index contributed by atoms with van der Waals surface area (Å²) >= 11 is 0. The van der Waals surface area contributed by atoms with Crippen LogP contribution in [-0.2, 0) is 6.54 Å². The topological polar surface area (TPSA) is 21.3 Å². The minimum absolute atomic E-state index is 0.137. The maximum Gasteiger partial charge on any atom is 0.125 e. The van der Waals surface area contributed by atoms with E-state index in [9.17, 15) is 0 Å². The minimum atomic E-state index is 0.137. The van der Waals surface area contributed by atoms with E-state index in [2.05, 4.69) is 58.6 Å². The molecule has 2 heteroatoms. The maximum atomic E-state index is 5.90. The zero-order chi connectivity index (χ0) is 15.3. The van der Waals surface area contributed by atoms with E-state index < -0.39 is 0 Å². The van der Waals surface area contributed by atoms with Crippen LogP contribution in [-0.4, -0.2) is 12.1 Å². The van der Waals surface area contributed by atoms with Gasteiger partial charge in [-0.3, -0.25) is 0 Å². The van der Waals surface area contributed by atoms with Crippen molar-refractivity contribution in [2.24, 2.45) is 0 Å². The van der Waals surface area contributed by atoms with E-state index in [4.69, 9.17) is 4.74 Å². The fraction of sp³-hybridized carbons (Fsp3) is 0.556. The lowest BCUT2D eigenvalue weighted by molar-refractivity contribution is 0.317. The number of ether oxygens (including phenoxy) is 1. The van der Waals surface area contributed by atoms with Crippen LogP contribution in [0.25, 0.3) is 0 Å². The zero-order valence-corrected chi connectivity index (χ0v) is 13.9. The van der Waals surface area contributed by atoms with Gasteiger partial charge in [0.25, 0.3) is 0 Å². The quantitative estimate of drug-likeness (QED) is 0.770. The van der Waals surface area contributed by atoms with Gasteiger partial charge in [0, 0.05) is 18.5 Å². The Morgan fingerprint density at radius 2 is 1.75 bits per heavy atom. The molecule has 0 bridgehead atoms. The lowest BCUT2D eigenvalue weighted by atomic mass is 10.0. The molecule has 20 heavy (non-hydrogen) atoms. The first-order chi connectivity index (χ1) is 9.19. The molecule has 0 unspecified atom stereocenters. The van der Waals surface area contributed by atoms with Crippen molar-refractivity contribution in [3.63, 3.8) is 0 Å². The van der Waals surface area contributed by atoms with Gasteiger partial charge >= 0.3 is 0 Å². The molecule has 1 aromatic carbocycles. The predicted molar refractivity (Wildman–Crippen MR) is 87.4 cm³/mol. The Labute approximate surface area is 124 Å². The minimum Gasteiger partial charge on any atom is -0.493 e. The summed E-state index contributed by atoms with van der Waals surface area (Å²) in [5.74, 6) is 1.02. The molecule has 0 radical (unpaired) electrons. The molecule has 112 valence electrons. The lowest BCUT2D eigenvalue weighted by Gasteiger charge is -2.21. The van der Waals surface area contributed by atoms with Gasteiger partial charge in [-0.15, -0.1) is 6.58 Å². The molecule has 2 nitrogen and oxygen atoms in total. The van der Waals surface area contributed by atoms with E-state index in [0.717, 1.165) is 24.3 Å². The van der Waals surface area contributed by atoms with Crippen molar-refractivity contribution in [3.05, 3.63) is 41.0 Å². The molecular weight excluding hydrogens is 246 g/mol. The van der Waals surface area contributed by atoms with Crippen molar-refractivity contribution in [1.29, 1.82) is 0 Å². The summed E-state index contributed by atoms with van der Waals surface area (Å²) in [6.45, 7) is 18.3. The molecule has 0 fully saturated rings. The first-order valence-corrected chi connectivity index (χ1v) is 7.31. The molecule has 1 aromatic rings. The molecule has 1 N–H and O–H groups in total. The second kappa shape index (κ2) is 6.94. The molecule has 0 aliphatic rings. The summed E-state index contributed by atoms with van der Waals surface area (Å²) in [7, 11) is 0. The molecule has 0 saturated carbocycles. The monoisotopic (exact) mass is 275 g/mol. The Morgan fingerprint density at radius 1 is 1.20 bits per heavy atom. The highest BCUT2D eigenvalue weighted by molar-refractivity contribution is 5.43. The van der Waals surface area contributed by atoms with Crippen LogP contribution in [0, 0.1) is 13.8 Å². The average Bonchev–Trinajstić information content (AvgIpc) is 2.29. The van der Waals surface area contributed by atoms with E-state index in [-0.39, 0.29) is 5.54 Å². The first-order valence-electron chi connectivity index (χ1n) is 7.31. The fourth-order valence-corrected chi connectivity index (χ4v) is 2.06. The Morgan fingerprint density at radius 3 is 2.20 bits per heavy atom. The molecule has 0 amide bonds. The van der Waals surface area contributed by atoms with Crippen molar-refractivity contribution < 1.29 is 4.74 Å². The average molecular weight is 275 g/mol. The van der Waals surface area contributed by atoms with E-state index >= 15 is 0 Å². The molecule has 0 spiro atoms. The van der Waals surface area contributed by atoms with Crippen LogP contribution in [0.4, 0.5) is 0 Å². The number of hydrogen-bond donors (Lipinski definition) is 1. The maximum absolute atomic E-state index is 5.90. The molecule has 0 saturated heterocycles. The summed E-state index contributed by atoms with van der Waals surface area (Å²) in [6.07, 6.45) is 0.909. The number of nitrogens with one attached hydrogen (secondary N) is 1. The third kappa shape index (κ3) is 5.79. The van der Waals surface area contributed by atoms with Gasteiger partial charge in [-0.1, -0.05) is 17.7 Å². The number of aryl methyl sites for hydroxylation is 2. The van der Waals surface area contributed by atoms with Crippen molar-refractivity contribution in [1.82, 2.24) is 5.32 Å². The van der Waals surface area contributed by atoms with Gasteiger partial charge in [0.15, 0.2) is 0 Å². The van der Waals surface area contributed by atoms with Gasteiger partial charge < -0.3 is 10.1 Å². The largest absolute Gasteiger partial charge is 0.493 e. The van der Waals surface area contributed by atoms with E-state index in [0.29, 0.717) is 6.61 Å². The van der Waals surface area contributed by atoms with Gasteiger partial charge in [-0.2, -0.15) is 0 Å².